The number of amides is 1. The molecular formula is C13H14FNO2. The summed E-state index contributed by atoms with van der Waals surface area (Å²) in [5, 5.41) is 9.51. The third-order valence-corrected chi connectivity index (χ3v) is 2.25. The zero-order valence-electron chi connectivity index (χ0n) is 9.61. The van der Waals surface area contributed by atoms with Gasteiger partial charge in [-0.1, -0.05) is 12.8 Å². The zero-order chi connectivity index (χ0) is 12.8. The molecule has 0 aromatic heterocycles. The van der Waals surface area contributed by atoms with E-state index in [0.717, 1.165) is 18.6 Å². The van der Waals surface area contributed by atoms with Gasteiger partial charge in [-0.05, 0) is 18.6 Å². The Morgan fingerprint density at radius 1 is 1.59 bits per heavy atom. The van der Waals surface area contributed by atoms with Crippen molar-refractivity contribution in [1.82, 2.24) is 4.90 Å². The first kappa shape index (κ1) is 13.0. The summed E-state index contributed by atoms with van der Waals surface area (Å²) in [6, 6.07) is 3.30. The van der Waals surface area contributed by atoms with Crippen LogP contribution in [-0.2, 0) is 0 Å². The Hall–Kier alpha value is -2.02. The van der Waals surface area contributed by atoms with Crippen LogP contribution in [0.1, 0.15) is 23.7 Å². The molecule has 3 nitrogen and oxygen atoms in total. The summed E-state index contributed by atoms with van der Waals surface area (Å²) in [6.07, 6.45) is 5.93. The lowest BCUT2D eigenvalue weighted by Crippen LogP contribution is -2.32. The van der Waals surface area contributed by atoms with Crippen LogP contribution in [0.4, 0.5) is 4.39 Å². The van der Waals surface area contributed by atoms with E-state index in [1.165, 1.54) is 11.0 Å². The van der Waals surface area contributed by atoms with Crippen molar-refractivity contribution in [1.29, 1.82) is 0 Å². The molecule has 0 bridgehead atoms. The SMILES string of the molecule is C#CCN(CCC)C(=O)c1ccc(F)cc1O. The molecular weight excluding hydrogens is 221 g/mol. The van der Waals surface area contributed by atoms with Gasteiger partial charge in [0.1, 0.15) is 11.6 Å². The topological polar surface area (TPSA) is 40.5 Å². The molecule has 0 saturated carbocycles. The van der Waals surface area contributed by atoms with Crippen molar-refractivity contribution in [2.75, 3.05) is 13.1 Å². The first-order valence-electron chi connectivity index (χ1n) is 5.31. The van der Waals surface area contributed by atoms with E-state index in [1.54, 1.807) is 0 Å². The molecule has 0 fully saturated rings. The molecule has 1 amide bonds. The van der Waals surface area contributed by atoms with Gasteiger partial charge in [0.05, 0.1) is 12.1 Å². The van der Waals surface area contributed by atoms with Gasteiger partial charge in [-0.25, -0.2) is 4.39 Å². The standard InChI is InChI=1S/C13H14FNO2/c1-3-7-15(8-4-2)13(17)11-6-5-10(14)9-12(11)16/h1,5-6,9,16H,4,7-8H2,2H3. The third kappa shape index (κ3) is 3.22. The van der Waals surface area contributed by atoms with Crippen molar-refractivity contribution in [2.45, 2.75) is 13.3 Å². The van der Waals surface area contributed by atoms with Gasteiger partial charge in [-0.15, -0.1) is 6.42 Å². The Labute approximate surface area is 99.9 Å². The lowest BCUT2D eigenvalue weighted by atomic mass is 10.1. The molecule has 0 radical (unpaired) electrons. The number of carbonyl (C=O) groups is 1. The Morgan fingerprint density at radius 3 is 2.82 bits per heavy atom. The van der Waals surface area contributed by atoms with E-state index >= 15 is 0 Å². The number of rotatable bonds is 4. The minimum Gasteiger partial charge on any atom is -0.507 e. The van der Waals surface area contributed by atoms with Crippen molar-refractivity contribution >= 4 is 5.91 Å². The highest BCUT2D eigenvalue weighted by Gasteiger charge is 2.17. The van der Waals surface area contributed by atoms with Gasteiger partial charge < -0.3 is 10.0 Å². The molecule has 1 aromatic carbocycles. The summed E-state index contributed by atoms with van der Waals surface area (Å²) in [5.41, 5.74) is 0.0649. The van der Waals surface area contributed by atoms with Crippen LogP contribution >= 0.6 is 0 Å². The van der Waals surface area contributed by atoms with Gasteiger partial charge in [0.25, 0.3) is 5.91 Å². The average molecular weight is 235 g/mol. The van der Waals surface area contributed by atoms with Gasteiger partial charge in [0.15, 0.2) is 0 Å². The predicted octanol–water partition coefficient (Wildman–Crippen LogP) is 2.02. The van der Waals surface area contributed by atoms with Crippen LogP contribution < -0.4 is 0 Å². The number of phenolic OH excluding ortho intramolecular Hbond substituents is 1. The second kappa shape index (κ2) is 5.90. The van der Waals surface area contributed by atoms with E-state index in [2.05, 4.69) is 5.92 Å². The molecule has 0 unspecified atom stereocenters. The molecule has 1 rings (SSSR count). The maximum Gasteiger partial charge on any atom is 0.258 e. The number of phenols is 1. The highest BCUT2D eigenvalue weighted by Crippen LogP contribution is 2.19. The second-order valence-electron chi connectivity index (χ2n) is 3.59. The fraction of sp³-hybridized carbons (Fsp3) is 0.308. The number of halogens is 1. The molecule has 0 saturated heterocycles. The van der Waals surface area contributed by atoms with Crippen LogP contribution in [0, 0.1) is 18.2 Å². The molecule has 17 heavy (non-hydrogen) atoms. The predicted molar refractivity (Wildman–Crippen MR) is 63.1 cm³/mol. The van der Waals surface area contributed by atoms with Gasteiger partial charge in [0, 0.05) is 12.6 Å². The fourth-order valence-electron chi connectivity index (χ4n) is 1.49. The monoisotopic (exact) mass is 235 g/mol. The van der Waals surface area contributed by atoms with E-state index in [9.17, 15) is 14.3 Å². The minimum absolute atomic E-state index is 0.0649. The lowest BCUT2D eigenvalue weighted by molar-refractivity contribution is 0.0774. The smallest absolute Gasteiger partial charge is 0.258 e. The van der Waals surface area contributed by atoms with Crippen LogP contribution in [0.25, 0.3) is 0 Å². The molecule has 1 N–H and O–H groups in total. The van der Waals surface area contributed by atoms with Crippen LogP contribution in [0.2, 0.25) is 0 Å². The number of carbonyl (C=O) groups excluding carboxylic acids is 1. The van der Waals surface area contributed by atoms with Crippen LogP contribution in [-0.4, -0.2) is 29.0 Å². The van der Waals surface area contributed by atoms with E-state index in [4.69, 9.17) is 6.42 Å². The van der Waals surface area contributed by atoms with E-state index in [0.29, 0.717) is 6.54 Å². The largest absolute Gasteiger partial charge is 0.507 e. The summed E-state index contributed by atoms with van der Waals surface area (Å²) in [5.74, 6) is 1.04. The Morgan fingerprint density at radius 2 is 2.29 bits per heavy atom. The van der Waals surface area contributed by atoms with E-state index in [1.807, 2.05) is 6.92 Å². The van der Waals surface area contributed by atoms with Crippen molar-refractivity contribution in [2.24, 2.45) is 0 Å². The fourth-order valence-corrected chi connectivity index (χ4v) is 1.49. The number of aromatic hydroxyl groups is 1. The van der Waals surface area contributed by atoms with Crippen LogP contribution in [0.5, 0.6) is 5.75 Å². The highest BCUT2D eigenvalue weighted by molar-refractivity contribution is 5.96. The second-order valence-corrected chi connectivity index (χ2v) is 3.59. The number of hydrogen-bond acceptors (Lipinski definition) is 2. The maximum absolute atomic E-state index is 12.8. The molecule has 0 aliphatic heterocycles. The molecule has 4 heteroatoms. The summed E-state index contributed by atoms with van der Waals surface area (Å²) in [7, 11) is 0. The van der Waals surface area contributed by atoms with Crippen LogP contribution in [0.15, 0.2) is 18.2 Å². The molecule has 0 aliphatic carbocycles. The first-order valence-corrected chi connectivity index (χ1v) is 5.31. The summed E-state index contributed by atoms with van der Waals surface area (Å²) in [4.78, 5) is 13.4. The summed E-state index contributed by atoms with van der Waals surface area (Å²) >= 11 is 0. The number of nitrogens with zero attached hydrogens (tertiary/aromatic N) is 1. The van der Waals surface area contributed by atoms with E-state index < -0.39 is 5.82 Å². The van der Waals surface area contributed by atoms with E-state index in [-0.39, 0.29) is 23.8 Å². The average Bonchev–Trinajstić information content (AvgIpc) is 2.28. The zero-order valence-corrected chi connectivity index (χ0v) is 9.61. The molecule has 1 aromatic rings. The molecule has 0 aliphatic rings. The summed E-state index contributed by atoms with van der Waals surface area (Å²) < 4.78 is 12.8. The lowest BCUT2D eigenvalue weighted by Gasteiger charge is -2.19. The Balaban J connectivity index is 2.97. The molecule has 0 atom stereocenters. The summed E-state index contributed by atoms with van der Waals surface area (Å²) in [6.45, 7) is 2.59. The van der Waals surface area contributed by atoms with Crippen molar-refractivity contribution in [3.8, 4) is 18.1 Å². The molecule has 0 heterocycles. The van der Waals surface area contributed by atoms with Gasteiger partial charge >= 0.3 is 0 Å². The van der Waals surface area contributed by atoms with Gasteiger partial charge in [-0.2, -0.15) is 0 Å². The quantitative estimate of drug-likeness (QED) is 0.811. The van der Waals surface area contributed by atoms with Crippen LogP contribution in [0.3, 0.4) is 0 Å². The molecule has 90 valence electrons. The van der Waals surface area contributed by atoms with Crippen molar-refractivity contribution < 1.29 is 14.3 Å². The molecule has 0 spiro atoms. The van der Waals surface area contributed by atoms with Gasteiger partial charge in [0.2, 0.25) is 0 Å². The Kier molecular flexibility index (Phi) is 4.53. The third-order valence-electron chi connectivity index (χ3n) is 2.25. The normalized spacial score (nSPS) is 9.71. The van der Waals surface area contributed by atoms with Crippen molar-refractivity contribution in [3.05, 3.63) is 29.6 Å². The first-order chi connectivity index (χ1) is 8.10. The minimum atomic E-state index is -0.585. The van der Waals surface area contributed by atoms with Gasteiger partial charge in [-0.3, -0.25) is 4.79 Å². The number of terminal acetylenes is 1. The number of benzene rings is 1. The Bertz CT molecular complexity index is 451. The number of hydrogen-bond donors (Lipinski definition) is 1. The van der Waals surface area contributed by atoms with Crippen molar-refractivity contribution in [3.63, 3.8) is 0 Å². The maximum atomic E-state index is 12.8. The highest BCUT2D eigenvalue weighted by atomic mass is 19.1.